The van der Waals surface area contributed by atoms with Crippen molar-refractivity contribution in [3.05, 3.63) is 35.9 Å². The number of benzene rings is 1. The fourth-order valence-corrected chi connectivity index (χ4v) is 2.65. The molecule has 1 aliphatic carbocycles. The van der Waals surface area contributed by atoms with Crippen molar-refractivity contribution in [3.8, 4) is 0 Å². The number of esters is 2. The van der Waals surface area contributed by atoms with Crippen molar-refractivity contribution in [2.45, 2.75) is 63.7 Å². The molecule has 0 spiro atoms. The van der Waals surface area contributed by atoms with Crippen LogP contribution in [0.2, 0.25) is 0 Å². The van der Waals surface area contributed by atoms with Crippen LogP contribution in [0.15, 0.2) is 30.3 Å². The van der Waals surface area contributed by atoms with Gasteiger partial charge in [0.05, 0.1) is 0 Å². The van der Waals surface area contributed by atoms with Crippen LogP contribution < -0.4 is 5.73 Å². The second-order valence-electron chi connectivity index (χ2n) is 5.99. The quantitative estimate of drug-likeness (QED) is 0.760. The first-order chi connectivity index (χ1) is 11.1. The summed E-state index contributed by atoms with van der Waals surface area (Å²) >= 11 is 0. The van der Waals surface area contributed by atoms with Crippen LogP contribution in [0, 0.1) is 0 Å². The molecule has 1 unspecified atom stereocenters. The number of nitrogens with two attached hydrogens (primary N) is 1. The van der Waals surface area contributed by atoms with Gasteiger partial charge in [0.15, 0.2) is 0 Å². The Balaban J connectivity index is 0.00000288. The molecule has 134 valence electrons. The van der Waals surface area contributed by atoms with Gasteiger partial charge in [-0.3, -0.25) is 9.59 Å². The summed E-state index contributed by atoms with van der Waals surface area (Å²) in [4.78, 5) is 23.6. The highest BCUT2D eigenvalue weighted by atomic mass is 35.5. The van der Waals surface area contributed by atoms with Gasteiger partial charge in [0.1, 0.15) is 18.8 Å². The number of carbonyl (C=O) groups is 2. The molecule has 1 atom stereocenters. The number of hydrogen-bond donors (Lipinski definition) is 1. The van der Waals surface area contributed by atoms with Crippen molar-refractivity contribution in [1.82, 2.24) is 0 Å². The summed E-state index contributed by atoms with van der Waals surface area (Å²) in [6, 6.07) is 8.61. The Morgan fingerprint density at radius 1 is 1.12 bits per heavy atom. The molecule has 1 aromatic rings. The zero-order valence-corrected chi connectivity index (χ0v) is 14.6. The Morgan fingerprint density at radius 3 is 2.46 bits per heavy atom. The topological polar surface area (TPSA) is 78.6 Å². The van der Waals surface area contributed by atoms with Crippen molar-refractivity contribution in [1.29, 1.82) is 0 Å². The standard InChI is InChI=1S/C18H25NO4.ClH/c19-16(18(21)22-13-14-7-3-1-4-8-14)11-12-17(20)23-15-9-5-2-6-10-15;/h1,3-4,7-8,15-16H,2,5-6,9-13,19H2;1H. The second-order valence-corrected chi connectivity index (χ2v) is 5.99. The van der Waals surface area contributed by atoms with Crippen LogP contribution in [0.4, 0.5) is 0 Å². The lowest BCUT2D eigenvalue weighted by molar-refractivity contribution is -0.151. The first-order valence-electron chi connectivity index (χ1n) is 8.31. The summed E-state index contributed by atoms with van der Waals surface area (Å²) in [5.41, 5.74) is 6.69. The Kier molecular flexibility index (Phi) is 9.42. The lowest BCUT2D eigenvalue weighted by atomic mass is 9.98. The molecule has 0 heterocycles. The zero-order chi connectivity index (χ0) is 16.5. The van der Waals surface area contributed by atoms with Crippen molar-refractivity contribution in [3.63, 3.8) is 0 Å². The van der Waals surface area contributed by atoms with E-state index in [0.29, 0.717) is 0 Å². The molecule has 2 rings (SSSR count). The van der Waals surface area contributed by atoms with E-state index in [0.717, 1.165) is 31.2 Å². The summed E-state index contributed by atoms with van der Waals surface area (Å²) in [6.07, 6.45) is 5.77. The maximum atomic E-state index is 11.8. The van der Waals surface area contributed by atoms with E-state index in [9.17, 15) is 9.59 Å². The van der Waals surface area contributed by atoms with Crippen molar-refractivity contribution >= 4 is 24.3 Å². The van der Waals surface area contributed by atoms with Gasteiger partial charge in [-0.25, -0.2) is 0 Å². The molecule has 6 heteroatoms. The van der Waals surface area contributed by atoms with E-state index in [1.54, 1.807) is 0 Å². The van der Waals surface area contributed by atoms with E-state index >= 15 is 0 Å². The normalized spacial score (nSPS) is 15.9. The summed E-state index contributed by atoms with van der Waals surface area (Å²) < 4.78 is 10.6. The van der Waals surface area contributed by atoms with E-state index in [1.807, 2.05) is 30.3 Å². The highest BCUT2D eigenvalue weighted by Crippen LogP contribution is 2.20. The molecule has 0 saturated heterocycles. The molecule has 2 N–H and O–H groups in total. The second kappa shape index (κ2) is 11.0. The molecule has 1 aliphatic rings. The van der Waals surface area contributed by atoms with Crippen LogP contribution in [-0.2, 0) is 25.7 Å². The van der Waals surface area contributed by atoms with Gasteiger partial charge in [0, 0.05) is 6.42 Å². The fourth-order valence-electron chi connectivity index (χ4n) is 2.65. The largest absolute Gasteiger partial charge is 0.462 e. The lowest BCUT2D eigenvalue weighted by Gasteiger charge is -2.22. The van der Waals surface area contributed by atoms with Crippen molar-refractivity contribution in [2.24, 2.45) is 5.73 Å². The van der Waals surface area contributed by atoms with E-state index in [1.165, 1.54) is 6.42 Å². The van der Waals surface area contributed by atoms with Crippen molar-refractivity contribution in [2.75, 3.05) is 0 Å². The summed E-state index contributed by atoms with van der Waals surface area (Å²) in [6.45, 7) is 0.194. The van der Waals surface area contributed by atoms with Gasteiger partial charge in [-0.1, -0.05) is 36.8 Å². The molecule has 1 fully saturated rings. The molecule has 1 aromatic carbocycles. The highest BCUT2D eigenvalue weighted by Gasteiger charge is 2.20. The number of hydrogen-bond acceptors (Lipinski definition) is 5. The first-order valence-corrected chi connectivity index (χ1v) is 8.31. The SMILES string of the molecule is Cl.NC(CCC(=O)OC1CCCCC1)C(=O)OCc1ccccc1. The number of carbonyl (C=O) groups excluding carboxylic acids is 2. The van der Waals surface area contributed by atoms with Gasteiger partial charge in [-0.2, -0.15) is 0 Å². The van der Waals surface area contributed by atoms with Gasteiger partial charge in [-0.15, -0.1) is 12.4 Å². The highest BCUT2D eigenvalue weighted by molar-refractivity contribution is 5.85. The molecule has 1 saturated carbocycles. The third-order valence-electron chi connectivity index (χ3n) is 4.04. The Bertz CT molecular complexity index is 503. The average Bonchev–Trinajstić information content (AvgIpc) is 2.59. The van der Waals surface area contributed by atoms with E-state index in [4.69, 9.17) is 15.2 Å². The van der Waals surface area contributed by atoms with Gasteiger partial charge in [0.25, 0.3) is 0 Å². The minimum atomic E-state index is -0.794. The minimum absolute atomic E-state index is 0. The third kappa shape index (κ3) is 7.32. The maximum absolute atomic E-state index is 11.8. The summed E-state index contributed by atoms with van der Waals surface area (Å²) in [5.74, 6) is -0.762. The molecule has 0 bridgehead atoms. The smallest absolute Gasteiger partial charge is 0.323 e. The summed E-state index contributed by atoms with van der Waals surface area (Å²) in [7, 11) is 0. The van der Waals surface area contributed by atoms with Crippen LogP contribution in [0.5, 0.6) is 0 Å². The van der Waals surface area contributed by atoms with Gasteiger partial charge < -0.3 is 15.2 Å². The molecule has 24 heavy (non-hydrogen) atoms. The molecule has 0 aromatic heterocycles. The van der Waals surface area contributed by atoms with Gasteiger partial charge >= 0.3 is 11.9 Å². The van der Waals surface area contributed by atoms with Crippen LogP contribution in [0.1, 0.15) is 50.5 Å². The monoisotopic (exact) mass is 355 g/mol. The van der Waals surface area contributed by atoms with Crippen LogP contribution in [-0.4, -0.2) is 24.1 Å². The first kappa shape index (κ1) is 20.5. The molecule has 0 aliphatic heterocycles. The molecule has 5 nitrogen and oxygen atoms in total. The van der Waals surface area contributed by atoms with Gasteiger partial charge in [0.2, 0.25) is 0 Å². The molecule has 0 amide bonds. The molecular weight excluding hydrogens is 330 g/mol. The van der Waals surface area contributed by atoms with Crippen LogP contribution in [0.25, 0.3) is 0 Å². The Hall–Kier alpha value is -1.59. The average molecular weight is 356 g/mol. The number of rotatable bonds is 7. The van der Waals surface area contributed by atoms with E-state index in [2.05, 4.69) is 0 Å². The number of halogens is 1. The lowest BCUT2D eigenvalue weighted by Crippen LogP contribution is -2.33. The summed E-state index contributed by atoms with van der Waals surface area (Å²) in [5, 5.41) is 0. The van der Waals surface area contributed by atoms with E-state index in [-0.39, 0.29) is 43.9 Å². The van der Waals surface area contributed by atoms with Crippen LogP contribution in [0.3, 0.4) is 0 Å². The third-order valence-corrected chi connectivity index (χ3v) is 4.04. The van der Waals surface area contributed by atoms with Gasteiger partial charge in [-0.05, 0) is 37.7 Å². The van der Waals surface area contributed by atoms with E-state index < -0.39 is 12.0 Å². The van der Waals surface area contributed by atoms with Crippen LogP contribution >= 0.6 is 12.4 Å². The molecular formula is C18H26ClNO4. The maximum Gasteiger partial charge on any atom is 0.323 e. The van der Waals surface area contributed by atoms with Crippen molar-refractivity contribution < 1.29 is 19.1 Å². The molecule has 0 radical (unpaired) electrons. The Morgan fingerprint density at radius 2 is 1.79 bits per heavy atom. The predicted octanol–water partition coefficient (Wildman–Crippen LogP) is 3.14. The number of ether oxygens (including phenoxy) is 2. The fraction of sp³-hybridized carbons (Fsp3) is 0.556. The zero-order valence-electron chi connectivity index (χ0n) is 13.8. The predicted molar refractivity (Wildman–Crippen MR) is 93.7 cm³/mol. The minimum Gasteiger partial charge on any atom is -0.462 e. The Labute approximate surface area is 149 Å².